The lowest BCUT2D eigenvalue weighted by molar-refractivity contribution is -0.117. The van der Waals surface area contributed by atoms with Gasteiger partial charge in [-0.05, 0) is 27.7 Å². The van der Waals surface area contributed by atoms with E-state index in [0.717, 1.165) is 23.5 Å². The van der Waals surface area contributed by atoms with Gasteiger partial charge in [-0.1, -0.05) is 23.5 Å². The summed E-state index contributed by atoms with van der Waals surface area (Å²) in [4.78, 5) is 27.8. The van der Waals surface area contributed by atoms with Crippen LogP contribution >= 0.6 is 23.5 Å². The van der Waals surface area contributed by atoms with Crippen LogP contribution in [0.3, 0.4) is 0 Å². The first kappa shape index (κ1) is 28.8. The van der Waals surface area contributed by atoms with Crippen LogP contribution < -0.4 is 0 Å². The molecule has 0 aliphatic carbocycles. The second-order valence-electron chi connectivity index (χ2n) is 7.53. The standard InChI is InChI=1S/C19H38N2O6S2/c1-14(22)10-20(11-15(2)23)5-7-28-18(26)9-19(27)29-8-6-21(12-16(3)24)13-17(4)25/h14-17,22-25H,5-13H2,1-4H3. The molecule has 0 rings (SSSR count). The molecule has 0 aliphatic rings. The Hall–Kier alpha value is -0.200. The summed E-state index contributed by atoms with van der Waals surface area (Å²) in [5, 5.41) is 37.6. The average Bonchev–Trinajstić information content (AvgIpc) is 2.52. The lowest BCUT2D eigenvalue weighted by atomic mass is 10.3. The SMILES string of the molecule is CC(O)CN(CCSC(=O)CC(=O)SCCN(CC(C)O)CC(C)O)CC(C)O. The lowest BCUT2D eigenvalue weighted by Crippen LogP contribution is -2.38. The van der Waals surface area contributed by atoms with E-state index in [-0.39, 0.29) is 16.7 Å². The van der Waals surface area contributed by atoms with Gasteiger partial charge in [0.15, 0.2) is 10.2 Å². The number of hydrogen-bond acceptors (Lipinski definition) is 10. The van der Waals surface area contributed by atoms with Crippen molar-refractivity contribution in [1.82, 2.24) is 9.80 Å². The summed E-state index contributed by atoms with van der Waals surface area (Å²) < 4.78 is 0. The molecule has 0 heterocycles. The molecule has 172 valence electrons. The molecule has 0 saturated heterocycles. The Morgan fingerprint density at radius 1 is 0.655 bits per heavy atom. The summed E-state index contributed by atoms with van der Waals surface area (Å²) in [6, 6.07) is 0. The maximum absolute atomic E-state index is 12.0. The van der Waals surface area contributed by atoms with Gasteiger partial charge in [0.25, 0.3) is 0 Å². The maximum Gasteiger partial charge on any atom is 0.197 e. The molecule has 0 aromatic heterocycles. The Bertz CT molecular complexity index is 404. The zero-order valence-corrected chi connectivity index (χ0v) is 19.6. The second kappa shape index (κ2) is 16.5. The fraction of sp³-hybridized carbons (Fsp3) is 0.895. The molecular weight excluding hydrogens is 416 g/mol. The summed E-state index contributed by atoms with van der Waals surface area (Å²) in [6.45, 7) is 9.46. The van der Waals surface area contributed by atoms with E-state index in [9.17, 15) is 30.0 Å². The van der Waals surface area contributed by atoms with Gasteiger partial charge < -0.3 is 20.4 Å². The summed E-state index contributed by atoms with van der Waals surface area (Å²) in [5.74, 6) is 0.986. The Labute approximate surface area is 183 Å². The highest BCUT2D eigenvalue weighted by Gasteiger charge is 2.16. The highest BCUT2D eigenvalue weighted by Crippen LogP contribution is 2.13. The Morgan fingerprint density at radius 3 is 1.17 bits per heavy atom. The van der Waals surface area contributed by atoms with Crippen LogP contribution in [0.15, 0.2) is 0 Å². The molecule has 4 N–H and O–H groups in total. The smallest absolute Gasteiger partial charge is 0.197 e. The van der Waals surface area contributed by atoms with Crippen LogP contribution in [0.5, 0.6) is 0 Å². The van der Waals surface area contributed by atoms with E-state index >= 15 is 0 Å². The molecule has 4 unspecified atom stereocenters. The van der Waals surface area contributed by atoms with Gasteiger partial charge >= 0.3 is 0 Å². The average molecular weight is 455 g/mol. The van der Waals surface area contributed by atoms with Crippen LogP contribution in [0.4, 0.5) is 0 Å². The number of aliphatic hydroxyl groups excluding tert-OH is 4. The van der Waals surface area contributed by atoms with Crippen molar-refractivity contribution in [2.24, 2.45) is 0 Å². The van der Waals surface area contributed by atoms with E-state index in [1.54, 1.807) is 27.7 Å². The number of aliphatic hydroxyl groups is 4. The summed E-state index contributed by atoms with van der Waals surface area (Å²) in [6.07, 6.45) is -2.22. The van der Waals surface area contributed by atoms with Crippen LogP contribution in [0, 0.1) is 0 Å². The molecule has 0 aliphatic heterocycles. The first-order valence-corrected chi connectivity index (χ1v) is 11.9. The molecule has 10 heteroatoms. The zero-order valence-electron chi connectivity index (χ0n) is 18.0. The molecule has 4 atom stereocenters. The quantitative estimate of drug-likeness (QED) is 0.238. The van der Waals surface area contributed by atoms with Gasteiger partial charge in [0.05, 0.1) is 30.8 Å². The normalized spacial score (nSPS) is 16.1. The second-order valence-corrected chi connectivity index (χ2v) is 9.84. The predicted molar refractivity (Wildman–Crippen MR) is 119 cm³/mol. The van der Waals surface area contributed by atoms with Crippen molar-refractivity contribution in [3.05, 3.63) is 0 Å². The highest BCUT2D eigenvalue weighted by atomic mass is 32.2. The number of nitrogens with zero attached hydrogens (tertiary/aromatic N) is 2. The fourth-order valence-corrected chi connectivity index (χ4v) is 4.52. The van der Waals surface area contributed by atoms with Crippen LogP contribution in [0.1, 0.15) is 34.1 Å². The molecular formula is C19H38N2O6S2. The third-order valence-corrected chi connectivity index (χ3v) is 5.43. The Morgan fingerprint density at radius 2 is 0.931 bits per heavy atom. The number of rotatable bonds is 16. The third kappa shape index (κ3) is 18.3. The minimum absolute atomic E-state index is 0.144. The van der Waals surface area contributed by atoms with Crippen LogP contribution in [0.25, 0.3) is 0 Å². The monoisotopic (exact) mass is 454 g/mol. The molecule has 0 radical (unpaired) electrons. The largest absolute Gasteiger partial charge is 0.392 e. The molecule has 0 fully saturated rings. The molecule has 0 amide bonds. The Balaban J connectivity index is 4.15. The van der Waals surface area contributed by atoms with E-state index in [1.165, 1.54) is 0 Å². The van der Waals surface area contributed by atoms with Crippen molar-refractivity contribution in [2.45, 2.75) is 58.5 Å². The molecule has 0 saturated carbocycles. The number of thioether (sulfide) groups is 2. The number of carbonyl (C=O) groups is 2. The Kier molecular flexibility index (Phi) is 16.4. The molecule has 29 heavy (non-hydrogen) atoms. The van der Waals surface area contributed by atoms with Crippen molar-refractivity contribution in [1.29, 1.82) is 0 Å². The molecule has 0 spiro atoms. The van der Waals surface area contributed by atoms with Gasteiger partial charge in [-0.3, -0.25) is 19.4 Å². The van der Waals surface area contributed by atoms with Gasteiger partial charge in [-0.15, -0.1) is 0 Å². The van der Waals surface area contributed by atoms with Crippen LogP contribution in [-0.2, 0) is 9.59 Å². The van der Waals surface area contributed by atoms with E-state index in [1.807, 2.05) is 9.80 Å². The first-order chi connectivity index (χ1) is 13.5. The summed E-state index contributed by atoms with van der Waals surface area (Å²) >= 11 is 2.18. The van der Waals surface area contributed by atoms with Crippen molar-refractivity contribution in [3.8, 4) is 0 Å². The van der Waals surface area contributed by atoms with Crippen molar-refractivity contribution < 1.29 is 30.0 Å². The van der Waals surface area contributed by atoms with Gasteiger partial charge in [-0.2, -0.15) is 0 Å². The molecule has 8 nitrogen and oxygen atoms in total. The molecule has 0 aromatic rings. The first-order valence-electron chi connectivity index (χ1n) is 9.97. The van der Waals surface area contributed by atoms with Crippen LogP contribution in [-0.4, -0.2) is 116 Å². The van der Waals surface area contributed by atoms with Gasteiger partial charge in [0, 0.05) is 50.8 Å². The molecule has 0 aromatic carbocycles. The minimum atomic E-state index is -0.519. The van der Waals surface area contributed by atoms with Gasteiger partial charge in [-0.25, -0.2) is 0 Å². The van der Waals surface area contributed by atoms with Crippen molar-refractivity contribution >= 4 is 33.8 Å². The predicted octanol–water partition coefficient (Wildman–Crippen LogP) is 0.0233. The number of carbonyl (C=O) groups excluding carboxylic acids is 2. The third-order valence-electron chi connectivity index (χ3n) is 3.72. The van der Waals surface area contributed by atoms with E-state index < -0.39 is 24.4 Å². The van der Waals surface area contributed by atoms with Gasteiger partial charge in [0.1, 0.15) is 0 Å². The lowest BCUT2D eigenvalue weighted by Gasteiger charge is -2.24. The highest BCUT2D eigenvalue weighted by molar-refractivity contribution is 8.15. The zero-order chi connectivity index (χ0) is 22.4. The van der Waals surface area contributed by atoms with Crippen molar-refractivity contribution in [3.63, 3.8) is 0 Å². The summed E-state index contributed by atoms with van der Waals surface area (Å²) in [5.41, 5.74) is 0. The van der Waals surface area contributed by atoms with E-state index in [4.69, 9.17) is 0 Å². The number of hydrogen-bond donors (Lipinski definition) is 4. The fourth-order valence-electron chi connectivity index (χ4n) is 2.81. The van der Waals surface area contributed by atoms with Crippen molar-refractivity contribution in [2.75, 3.05) is 50.8 Å². The molecule has 0 bridgehead atoms. The van der Waals surface area contributed by atoms with E-state index in [2.05, 4.69) is 0 Å². The topological polar surface area (TPSA) is 122 Å². The van der Waals surface area contributed by atoms with Crippen LogP contribution in [0.2, 0.25) is 0 Å². The summed E-state index contributed by atoms with van der Waals surface area (Å²) in [7, 11) is 0. The minimum Gasteiger partial charge on any atom is -0.392 e. The maximum atomic E-state index is 12.0. The van der Waals surface area contributed by atoms with E-state index in [0.29, 0.717) is 50.8 Å². The van der Waals surface area contributed by atoms with Gasteiger partial charge in [0.2, 0.25) is 0 Å².